The molecule has 0 spiro atoms. The maximum absolute atomic E-state index is 14.0. The van der Waals surface area contributed by atoms with Crippen molar-refractivity contribution < 1.29 is 27.1 Å². The highest BCUT2D eigenvalue weighted by Crippen LogP contribution is 2.50. The Kier molecular flexibility index (Phi) is 3.72. The Bertz CT molecular complexity index is 748. The zero-order valence-corrected chi connectivity index (χ0v) is 11.6. The first kappa shape index (κ1) is 15.4. The van der Waals surface area contributed by atoms with Crippen LogP contribution in [0.15, 0.2) is 17.0 Å². The Morgan fingerprint density at radius 1 is 1.38 bits per heavy atom. The van der Waals surface area contributed by atoms with Crippen molar-refractivity contribution in [1.82, 2.24) is 0 Å². The summed E-state index contributed by atoms with van der Waals surface area (Å²) in [7, 11) is -4.14. The molecule has 0 atom stereocenters. The Hall–Kier alpha value is -2.01. The highest BCUT2D eigenvalue weighted by Gasteiger charge is 2.47. The summed E-state index contributed by atoms with van der Waals surface area (Å²) in [5.74, 6) is -5.26. The average Bonchev–Trinajstić information content (AvgIpc) is 3.07. The van der Waals surface area contributed by atoms with E-state index >= 15 is 0 Å². The number of benzene rings is 1. The SMILES string of the molecule is N#CCC1(CS(=O)(=O)c2ccc(F)c(C(=O)O)c2F)CC1. The van der Waals surface area contributed by atoms with E-state index in [0.29, 0.717) is 18.9 Å². The number of carboxylic acid groups (broad SMARTS) is 1. The largest absolute Gasteiger partial charge is 0.477 e. The number of rotatable bonds is 5. The molecule has 2 rings (SSSR count). The third kappa shape index (κ3) is 2.88. The molecule has 1 fully saturated rings. The lowest BCUT2D eigenvalue weighted by Gasteiger charge is -2.13. The number of hydrogen-bond donors (Lipinski definition) is 1. The van der Waals surface area contributed by atoms with Gasteiger partial charge in [-0.15, -0.1) is 0 Å². The van der Waals surface area contributed by atoms with E-state index in [9.17, 15) is 22.0 Å². The normalized spacial score (nSPS) is 16.2. The third-order valence-corrected chi connectivity index (χ3v) is 5.49. The topological polar surface area (TPSA) is 95.2 Å². The van der Waals surface area contributed by atoms with E-state index < -0.39 is 49.1 Å². The van der Waals surface area contributed by atoms with Gasteiger partial charge in [0.25, 0.3) is 0 Å². The summed E-state index contributed by atoms with van der Waals surface area (Å²) in [6.07, 6.45) is 1.10. The summed E-state index contributed by atoms with van der Waals surface area (Å²) in [4.78, 5) is 9.96. The van der Waals surface area contributed by atoms with E-state index in [0.717, 1.165) is 6.07 Å². The molecule has 1 aliphatic carbocycles. The second kappa shape index (κ2) is 5.07. The lowest BCUT2D eigenvalue weighted by atomic mass is 10.1. The van der Waals surface area contributed by atoms with Gasteiger partial charge < -0.3 is 5.11 Å². The van der Waals surface area contributed by atoms with Crippen molar-refractivity contribution in [3.63, 3.8) is 0 Å². The van der Waals surface area contributed by atoms with Gasteiger partial charge in [0.05, 0.1) is 11.8 Å². The van der Waals surface area contributed by atoms with Gasteiger partial charge in [-0.2, -0.15) is 5.26 Å². The van der Waals surface area contributed by atoms with Crippen molar-refractivity contribution >= 4 is 15.8 Å². The molecule has 21 heavy (non-hydrogen) atoms. The molecule has 1 N–H and O–H groups in total. The fraction of sp³-hybridized carbons (Fsp3) is 0.385. The minimum Gasteiger partial charge on any atom is -0.477 e. The first-order valence-corrected chi connectivity index (χ1v) is 7.69. The Labute approximate surface area is 119 Å². The van der Waals surface area contributed by atoms with Gasteiger partial charge in [-0.3, -0.25) is 0 Å². The summed E-state index contributed by atoms with van der Waals surface area (Å²) >= 11 is 0. The van der Waals surface area contributed by atoms with Crippen molar-refractivity contribution in [1.29, 1.82) is 5.26 Å². The Morgan fingerprint density at radius 2 is 2.00 bits per heavy atom. The van der Waals surface area contributed by atoms with Crippen LogP contribution in [-0.2, 0) is 9.84 Å². The van der Waals surface area contributed by atoms with Gasteiger partial charge in [-0.05, 0) is 30.4 Å². The highest BCUT2D eigenvalue weighted by molar-refractivity contribution is 7.91. The molecule has 1 aromatic carbocycles. The van der Waals surface area contributed by atoms with Crippen LogP contribution < -0.4 is 0 Å². The number of carboxylic acids is 1. The van der Waals surface area contributed by atoms with Gasteiger partial charge >= 0.3 is 5.97 Å². The molecule has 0 radical (unpaired) electrons. The maximum atomic E-state index is 14.0. The predicted molar refractivity (Wildman–Crippen MR) is 67.3 cm³/mol. The molecule has 0 aromatic heterocycles. The number of hydrogen-bond acceptors (Lipinski definition) is 4. The van der Waals surface area contributed by atoms with Gasteiger partial charge in [0.15, 0.2) is 15.7 Å². The molecule has 1 aliphatic rings. The molecule has 5 nitrogen and oxygen atoms in total. The number of sulfone groups is 1. The van der Waals surface area contributed by atoms with Crippen LogP contribution in [0.3, 0.4) is 0 Å². The van der Waals surface area contributed by atoms with Crippen molar-refractivity contribution in [2.24, 2.45) is 5.41 Å². The predicted octanol–water partition coefficient (Wildman–Crippen LogP) is 2.13. The van der Waals surface area contributed by atoms with Crippen molar-refractivity contribution in [2.45, 2.75) is 24.2 Å². The van der Waals surface area contributed by atoms with Gasteiger partial charge in [0, 0.05) is 6.42 Å². The standard InChI is InChI=1S/C13H11F2NO4S/c14-8-1-2-9(11(15)10(8)12(17)18)21(19,20)7-13(3-4-13)5-6-16/h1-2H,3-5,7H2,(H,17,18). The van der Waals surface area contributed by atoms with Crippen LogP contribution in [-0.4, -0.2) is 25.2 Å². The average molecular weight is 315 g/mol. The molecular formula is C13H11F2NO4S. The van der Waals surface area contributed by atoms with E-state index in [1.807, 2.05) is 6.07 Å². The Balaban J connectivity index is 2.45. The summed E-state index contributed by atoms with van der Waals surface area (Å²) in [5, 5.41) is 17.4. The first-order valence-electron chi connectivity index (χ1n) is 6.03. The number of aromatic carboxylic acids is 1. The fourth-order valence-corrected chi connectivity index (χ4v) is 4.17. The van der Waals surface area contributed by atoms with Crippen LogP contribution in [0.25, 0.3) is 0 Å². The summed E-state index contributed by atoms with van der Waals surface area (Å²) in [5.41, 5.74) is -1.99. The second-order valence-electron chi connectivity index (χ2n) is 5.13. The molecule has 0 bridgehead atoms. The number of nitrogens with zero attached hydrogens (tertiary/aromatic N) is 1. The number of nitriles is 1. The highest BCUT2D eigenvalue weighted by atomic mass is 32.2. The molecule has 1 aromatic rings. The molecule has 0 heterocycles. The fourth-order valence-electron chi connectivity index (χ4n) is 2.17. The van der Waals surface area contributed by atoms with Crippen molar-refractivity contribution in [3.8, 4) is 6.07 Å². The molecule has 0 amide bonds. The van der Waals surface area contributed by atoms with Crippen LogP contribution >= 0.6 is 0 Å². The summed E-state index contributed by atoms with van der Waals surface area (Å²) in [6, 6.07) is 3.22. The molecule has 8 heteroatoms. The van der Waals surface area contributed by atoms with Gasteiger partial charge in [0.1, 0.15) is 16.3 Å². The number of halogens is 2. The van der Waals surface area contributed by atoms with Gasteiger partial charge in [-0.25, -0.2) is 22.0 Å². The molecule has 0 unspecified atom stereocenters. The Morgan fingerprint density at radius 3 is 2.48 bits per heavy atom. The molecular weight excluding hydrogens is 304 g/mol. The minimum atomic E-state index is -4.14. The molecule has 1 saturated carbocycles. The zero-order chi connectivity index (χ0) is 15.8. The smallest absolute Gasteiger partial charge is 0.341 e. The first-order chi connectivity index (χ1) is 9.72. The van der Waals surface area contributed by atoms with Crippen LogP contribution in [0.4, 0.5) is 8.78 Å². The molecule has 0 aliphatic heterocycles. The lowest BCUT2D eigenvalue weighted by molar-refractivity contribution is 0.0685. The number of carbonyl (C=O) groups is 1. The van der Waals surface area contributed by atoms with Gasteiger partial charge in [0.2, 0.25) is 0 Å². The monoisotopic (exact) mass is 315 g/mol. The van der Waals surface area contributed by atoms with Gasteiger partial charge in [-0.1, -0.05) is 0 Å². The van der Waals surface area contributed by atoms with E-state index in [1.54, 1.807) is 0 Å². The van der Waals surface area contributed by atoms with Crippen molar-refractivity contribution in [3.05, 3.63) is 29.3 Å². The second-order valence-corrected chi connectivity index (χ2v) is 7.09. The minimum absolute atomic E-state index is 0.0286. The van der Waals surface area contributed by atoms with Crippen LogP contribution in [0, 0.1) is 28.4 Å². The third-order valence-electron chi connectivity index (χ3n) is 3.51. The summed E-state index contributed by atoms with van der Waals surface area (Å²) in [6.45, 7) is 0. The lowest BCUT2D eigenvalue weighted by Crippen LogP contribution is -2.20. The quantitative estimate of drug-likeness (QED) is 0.840. The van der Waals surface area contributed by atoms with Crippen LogP contribution in [0.2, 0.25) is 0 Å². The summed E-state index contributed by atoms with van der Waals surface area (Å²) < 4.78 is 51.7. The van der Waals surface area contributed by atoms with E-state index in [4.69, 9.17) is 10.4 Å². The molecule has 112 valence electrons. The van der Waals surface area contributed by atoms with Crippen molar-refractivity contribution in [2.75, 3.05) is 5.75 Å². The maximum Gasteiger partial charge on any atom is 0.341 e. The van der Waals surface area contributed by atoms with E-state index in [-0.39, 0.29) is 6.42 Å². The molecule has 0 saturated heterocycles. The van der Waals surface area contributed by atoms with Crippen LogP contribution in [0.1, 0.15) is 29.6 Å². The van der Waals surface area contributed by atoms with Crippen LogP contribution in [0.5, 0.6) is 0 Å². The van der Waals surface area contributed by atoms with E-state index in [1.165, 1.54) is 0 Å². The van der Waals surface area contributed by atoms with E-state index in [2.05, 4.69) is 0 Å². The zero-order valence-electron chi connectivity index (χ0n) is 10.8.